The van der Waals surface area contributed by atoms with Crippen molar-refractivity contribution in [2.75, 3.05) is 12.3 Å². The lowest BCUT2D eigenvalue weighted by molar-refractivity contribution is 0.343. The molecule has 0 fully saturated rings. The third kappa shape index (κ3) is 4.25. The first-order chi connectivity index (χ1) is 19.7. The molecule has 0 unspecified atom stereocenters. The van der Waals surface area contributed by atoms with Crippen LogP contribution < -0.4 is 10.5 Å². The highest BCUT2D eigenvalue weighted by Crippen LogP contribution is 2.42. The Morgan fingerprint density at radius 2 is 1.38 bits per heavy atom. The predicted molar refractivity (Wildman–Crippen MR) is 154 cm³/mol. The standard InChI is InChI=1S/C32H27N7O/c1-2-40-30-27(33)22-35-29(23-13-12-20-34-21-23)28(30)31-36-38-39(37-31)32(24-14-6-3-7-15-24,25-16-8-4-9-17-25)26-18-10-5-11-19-26/h3-22H,2,33H2,1H3. The average molecular weight is 526 g/mol. The quantitative estimate of drug-likeness (QED) is 0.257. The van der Waals surface area contributed by atoms with Gasteiger partial charge in [0, 0.05) is 18.0 Å². The molecule has 0 radical (unpaired) electrons. The molecule has 3 heterocycles. The summed E-state index contributed by atoms with van der Waals surface area (Å²) in [5, 5.41) is 14.3. The summed E-state index contributed by atoms with van der Waals surface area (Å²) in [6.45, 7) is 2.31. The summed E-state index contributed by atoms with van der Waals surface area (Å²) in [4.78, 5) is 10.6. The molecule has 8 heteroatoms. The van der Waals surface area contributed by atoms with Gasteiger partial charge >= 0.3 is 0 Å². The Balaban J connectivity index is 1.65. The van der Waals surface area contributed by atoms with E-state index in [9.17, 15) is 0 Å². The highest BCUT2D eigenvalue weighted by molar-refractivity contribution is 5.85. The third-order valence-electron chi connectivity index (χ3n) is 6.79. The molecule has 0 aliphatic heterocycles. The molecule has 0 saturated carbocycles. The van der Waals surface area contributed by atoms with Crippen LogP contribution >= 0.6 is 0 Å². The average Bonchev–Trinajstić information content (AvgIpc) is 3.51. The number of nitrogens with zero attached hydrogens (tertiary/aromatic N) is 6. The van der Waals surface area contributed by atoms with E-state index in [1.165, 1.54) is 0 Å². The lowest BCUT2D eigenvalue weighted by Crippen LogP contribution is -2.39. The minimum Gasteiger partial charge on any atom is -0.491 e. The van der Waals surface area contributed by atoms with Crippen LogP contribution in [0.3, 0.4) is 0 Å². The van der Waals surface area contributed by atoms with E-state index in [0.717, 1.165) is 22.3 Å². The van der Waals surface area contributed by atoms with Crippen LogP contribution in [0.15, 0.2) is 122 Å². The van der Waals surface area contributed by atoms with Gasteiger partial charge < -0.3 is 10.5 Å². The van der Waals surface area contributed by atoms with E-state index in [1.807, 2.05) is 73.7 Å². The molecule has 0 spiro atoms. The first kappa shape index (κ1) is 24.9. The molecule has 8 nitrogen and oxygen atoms in total. The number of anilines is 1. The number of hydrogen-bond donors (Lipinski definition) is 1. The number of nitrogens with two attached hydrogens (primary N) is 1. The highest BCUT2D eigenvalue weighted by atomic mass is 16.5. The van der Waals surface area contributed by atoms with E-state index in [1.54, 1.807) is 23.4 Å². The van der Waals surface area contributed by atoms with Gasteiger partial charge in [-0.25, -0.2) is 0 Å². The Hall–Kier alpha value is -5.37. The van der Waals surface area contributed by atoms with Crippen LogP contribution in [0.1, 0.15) is 23.6 Å². The van der Waals surface area contributed by atoms with Crippen molar-refractivity contribution in [1.82, 2.24) is 30.2 Å². The van der Waals surface area contributed by atoms with Crippen LogP contribution in [0.4, 0.5) is 5.69 Å². The zero-order valence-electron chi connectivity index (χ0n) is 21.9. The van der Waals surface area contributed by atoms with Crippen molar-refractivity contribution in [3.05, 3.63) is 138 Å². The van der Waals surface area contributed by atoms with E-state index in [-0.39, 0.29) is 0 Å². The molecule has 0 amide bonds. The van der Waals surface area contributed by atoms with Crippen molar-refractivity contribution >= 4 is 5.69 Å². The van der Waals surface area contributed by atoms with Crippen molar-refractivity contribution in [2.24, 2.45) is 0 Å². The molecular formula is C32H27N7O. The highest BCUT2D eigenvalue weighted by Gasteiger charge is 2.41. The molecule has 196 valence electrons. The van der Waals surface area contributed by atoms with Crippen LogP contribution in [0.25, 0.3) is 22.6 Å². The lowest BCUT2D eigenvalue weighted by atomic mass is 9.77. The second-order valence-electron chi connectivity index (χ2n) is 9.15. The van der Waals surface area contributed by atoms with Gasteiger partial charge in [0.15, 0.2) is 11.3 Å². The fourth-order valence-electron chi connectivity index (χ4n) is 5.08. The Morgan fingerprint density at radius 3 is 1.90 bits per heavy atom. The van der Waals surface area contributed by atoms with E-state index < -0.39 is 5.54 Å². The number of hydrogen-bond acceptors (Lipinski definition) is 7. The van der Waals surface area contributed by atoms with Crippen molar-refractivity contribution in [1.29, 1.82) is 0 Å². The molecule has 6 aromatic rings. The van der Waals surface area contributed by atoms with Crippen molar-refractivity contribution in [2.45, 2.75) is 12.5 Å². The number of aromatic nitrogens is 6. The second-order valence-corrected chi connectivity index (χ2v) is 9.15. The maximum atomic E-state index is 6.37. The molecule has 0 aliphatic rings. The molecular weight excluding hydrogens is 498 g/mol. The lowest BCUT2D eigenvalue weighted by Gasteiger charge is -2.34. The first-order valence-corrected chi connectivity index (χ1v) is 13.0. The molecule has 0 aliphatic carbocycles. The maximum absolute atomic E-state index is 6.37. The van der Waals surface area contributed by atoms with Crippen LogP contribution in [-0.4, -0.2) is 36.8 Å². The van der Waals surface area contributed by atoms with Gasteiger partial charge in [0.2, 0.25) is 5.82 Å². The van der Waals surface area contributed by atoms with Crippen LogP contribution in [0.5, 0.6) is 5.75 Å². The summed E-state index contributed by atoms with van der Waals surface area (Å²) in [5.41, 5.74) is 10.8. The largest absolute Gasteiger partial charge is 0.491 e. The third-order valence-corrected chi connectivity index (χ3v) is 6.79. The summed E-state index contributed by atoms with van der Waals surface area (Å²) in [6, 6.07) is 34.4. The van der Waals surface area contributed by atoms with E-state index in [4.69, 9.17) is 15.6 Å². The van der Waals surface area contributed by atoms with E-state index in [0.29, 0.717) is 35.1 Å². The van der Waals surface area contributed by atoms with E-state index >= 15 is 0 Å². The van der Waals surface area contributed by atoms with Gasteiger partial charge in [-0.15, -0.1) is 15.0 Å². The summed E-state index contributed by atoms with van der Waals surface area (Å²) in [6.07, 6.45) is 5.04. The molecule has 3 aromatic carbocycles. The Kier molecular flexibility index (Phi) is 6.72. The van der Waals surface area contributed by atoms with Crippen LogP contribution in [0.2, 0.25) is 0 Å². The van der Waals surface area contributed by atoms with Gasteiger partial charge in [-0.1, -0.05) is 91.0 Å². The van der Waals surface area contributed by atoms with E-state index in [2.05, 4.69) is 56.7 Å². The number of pyridine rings is 2. The van der Waals surface area contributed by atoms with Gasteiger partial charge in [0.05, 0.1) is 29.7 Å². The number of rotatable bonds is 8. The van der Waals surface area contributed by atoms with Crippen molar-refractivity contribution < 1.29 is 4.74 Å². The zero-order valence-corrected chi connectivity index (χ0v) is 21.9. The van der Waals surface area contributed by atoms with Crippen LogP contribution in [0, 0.1) is 0 Å². The number of nitrogen functional groups attached to an aromatic ring is 1. The Morgan fingerprint density at radius 1 is 0.775 bits per heavy atom. The smallest absolute Gasteiger partial charge is 0.211 e. The van der Waals surface area contributed by atoms with Gasteiger partial charge in [0.25, 0.3) is 0 Å². The molecule has 40 heavy (non-hydrogen) atoms. The molecule has 0 atom stereocenters. The van der Waals surface area contributed by atoms with Crippen LogP contribution in [-0.2, 0) is 5.54 Å². The Labute approximate surface area is 232 Å². The summed E-state index contributed by atoms with van der Waals surface area (Å²) in [5.74, 6) is 0.801. The summed E-state index contributed by atoms with van der Waals surface area (Å²) < 4.78 is 6.03. The molecule has 0 bridgehead atoms. The zero-order chi connectivity index (χ0) is 27.4. The van der Waals surface area contributed by atoms with Crippen molar-refractivity contribution in [3.63, 3.8) is 0 Å². The molecule has 2 N–H and O–H groups in total. The second kappa shape index (κ2) is 10.8. The van der Waals surface area contributed by atoms with Crippen molar-refractivity contribution in [3.8, 4) is 28.4 Å². The minimum atomic E-state index is -0.914. The molecule has 6 rings (SSSR count). The van der Waals surface area contributed by atoms with Gasteiger partial charge in [-0.05, 0) is 41.0 Å². The topological polar surface area (TPSA) is 105 Å². The fraction of sp³-hybridized carbons (Fsp3) is 0.0938. The maximum Gasteiger partial charge on any atom is 0.211 e. The number of tetrazole rings is 1. The molecule has 0 saturated heterocycles. The summed E-state index contributed by atoms with van der Waals surface area (Å²) >= 11 is 0. The number of ether oxygens (including phenoxy) is 1. The van der Waals surface area contributed by atoms with Gasteiger partial charge in [0.1, 0.15) is 0 Å². The first-order valence-electron chi connectivity index (χ1n) is 13.0. The Bertz CT molecular complexity index is 1610. The molecule has 3 aromatic heterocycles. The predicted octanol–water partition coefficient (Wildman–Crippen LogP) is 5.62. The van der Waals surface area contributed by atoms with Gasteiger partial charge in [-0.3, -0.25) is 9.97 Å². The summed E-state index contributed by atoms with van der Waals surface area (Å²) in [7, 11) is 0. The SMILES string of the molecule is CCOc1c(N)cnc(-c2cccnc2)c1-c1nnn(C(c2ccccc2)(c2ccccc2)c2ccccc2)n1. The fourth-order valence-corrected chi connectivity index (χ4v) is 5.08. The van der Waals surface area contributed by atoms with Gasteiger partial charge in [-0.2, -0.15) is 0 Å². The monoisotopic (exact) mass is 525 g/mol. The number of benzene rings is 3. The normalized spacial score (nSPS) is 11.3. The minimum absolute atomic E-state index is 0.342.